The van der Waals surface area contributed by atoms with Gasteiger partial charge in [-0.1, -0.05) is 0 Å². The minimum atomic E-state index is -1.63. The largest absolute Gasteiger partial charge is 0.394 e. The zero-order valence-corrected chi connectivity index (χ0v) is 19.6. The summed E-state index contributed by atoms with van der Waals surface area (Å²) in [6.45, 7) is 0.506. The smallest absolute Gasteiger partial charge is 0.275 e. The highest BCUT2D eigenvalue weighted by Gasteiger charge is 2.45. The maximum atomic E-state index is 12.9. The molecule has 0 spiro atoms. The van der Waals surface area contributed by atoms with E-state index in [0.29, 0.717) is 13.0 Å². The number of carbonyl (C=O) groups is 2. The summed E-state index contributed by atoms with van der Waals surface area (Å²) in [6.07, 6.45) is -5.25. The lowest BCUT2D eigenvalue weighted by Crippen LogP contribution is -2.56. The number of anilines is 2. The molecular formula is C20H30N6O7S. The van der Waals surface area contributed by atoms with E-state index in [9.17, 15) is 30.0 Å². The number of aromatic nitrogens is 2. The second-order valence-corrected chi connectivity index (χ2v) is 9.07. The Hall–Kier alpha value is -2.59. The standard InChI is InChI=1S/C20H30N6O7S/c1-25(2)5-3-4-22-18(32)12-6-10(23-17(31)11-9-34-20(21)24-11)7-26(12)19-16(30)15(29)14(28)13(8-27)33-19/h6-7,9,13-16,19,27-30H,3-5,8H2,1-2H3,(H2,21,24)(H,22,32)(H,23,31)/t13-,14-,15-,16-,19+/m1/s1. The van der Waals surface area contributed by atoms with Crippen LogP contribution in [0.1, 0.15) is 33.6 Å². The molecule has 1 saturated heterocycles. The normalized spacial score (nSPS) is 24.9. The minimum Gasteiger partial charge on any atom is -0.394 e. The number of thiazole rings is 1. The molecule has 0 saturated carbocycles. The third kappa shape index (κ3) is 5.90. The topological polar surface area (TPSA) is 195 Å². The highest BCUT2D eigenvalue weighted by Crippen LogP contribution is 2.31. The summed E-state index contributed by atoms with van der Waals surface area (Å²) in [4.78, 5) is 31.3. The number of nitrogens with zero attached hydrogens (tertiary/aromatic N) is 3. The first kappa shape index (κ1) is 26.0. The molecule has 2 aromatic rings. The molecule has 1 fully saturated rings. The van der Waals surface area contributed by atoms with Gasteiger partial charge in [0.2, 0.25) is 0 Å². The molecule has 0 radical (unpaired) electrons. The average Bonchev–Trinajstić information content (AvgIpc) is 3.41. The molecule has 188 valence electrons. The summed E-state index contributed by atoms with van der Waals surface area (Å²) in [7, 11) is 3.83. The summed E-state index contributed by atoms with van der Waals surface area (Å²) < 4.78 is 6.84. The molecule has 3 heterocycles. The Balaban J connectivity index is 1.87. The van der Waals surface area contributed by atoms with Crippen LogP contribution in [0.5, 0.6) is 0 Å². The van der Waals surface area contributed by atoms with Crippen molar-refractivity contribution in [2.45, 2.75) is 37.1 Å². The van der Waals surface area contributed by atoms with Gasteiger partial charge in [-0.05, 0) is 33.1 Å². The Morgan fingerprint density at radius 3 is 2.59 bits per heavy atom. The van der Waals surface area contributed by atoms with Crippen molar-refractivity contribution in [2.75, 3.05) is 44.8 Å². The Morgan fingerprint density at radius 1 is 1.24 bits per heavy atom. The summed E-state index contributed by atoms with van der Waals surface area (Å²) in [5.74, 6) is -1.06. The van der Waals surface area contributed by atoms with Crippen molar-refractivity contribution in [2.24, 2.45) is 0 Å². The van der Waals surface area contributed by atoms with Crippen molar-refractivity contribution in [3.63, 3.8) is 0 Å². The van der Waals surface area contributed by atoms with Gasteiger partial charge in [0.25, 0.3) is 11.8 Å². The van der Waals surface area contributed by atoms with Crippen LogP contribution in [0.4, 0.5) is 10.8 Å². The van der Waals surface area contributed by atoms with Gasteiger partial charge in [0.1, 0.15) is 35.8 Å². The van der Waals surface area contributed by atoms with Gasteiger partial charge < -0.3 is 51.0 Å². The minimum absolute atomic E-state index is 0.0299. The van der Waals surface area contributed by atoms with E-state index < -0.39 is 49.1 Å². The average molecular weight is 499 g/mol. The fourth-order valence-corrected chi connectivity index (χ4v) is 4.07. The van der Waals surface area contributed by atoms with Gasteiger partial charge in [-0.25, -0.2) is 4.98 Å². The van der Waals surface area contributed by atoms with Gasteiger partial charge in [-0.2, -0.15) is 0 Å². The zero-order chi connectivity index (χ0) is 25.0. The summed E-state index contributed by atoms with van der Waals surface area (Å²) in [5, 5.41) is 47.4. The Labute approximate surface area is 199 Å². The molecular weight excluding hydrogens is 468 g/mol. The van der Waals surface area contributed by atoms with Gasteiger partial charge in [0.15, 0.2) is 11.4 Å². The molecule has 34 heavy (non-hydrogen) atoms. The van der Waals surface area contributed by atoms with E-state index in [1.54, 1.807) is 0 Å². The number of rotatable bonds is 9. The van der Waals surface area contributed by atoms with E-state index in [4.69, 9.17) is 10.5 Å². The molecule has 1 aliphatic heterocycles. The number of aliphatic hydroxyl groups is 4. The van der Waals surface area contributed by atoms with Crippen molar-refractivity contribution in [3.8, 4) is 0 Å². The molecule has 14 heteroatoms. The lowest BCUT2D eigenvalue weighted by Gasteiger charge is -2.40. The van der Waals surface area contributed by atoms with Crippen molar-refractivity contribution < 1.29 is 34.8 Å². The highest BCUT2D eigenvalue weighted by molar-refractivity contribution is 7.13. The number of ether oxygens (including phenoxy) is 1. The molecule has 2 aromatic heterocycles. The number of hydrogen-bond acceptors (Lipinski definition) is 11. The molecule has 2 amide bonds. The van der Waals surface area contributed by atoms with E-state index >= 15 is 0 Å². The fraction of sp³-hybridized carbons (Fsp3) is 0.550. The quantitative estimate of drug-likeness (QED) is 0.199. The van der Waals surface area contributed by atoms with Crippen LogP contribution in [-0.4, -0.2) is 105 Å². The highest BCUT2D eigenvalue weighted by atomic mass is 32.1. The summed E-state index contributed by atoms with van der Waals surface area (Å²) >= 11 is 1.10. The van der Waals surface area contributed by atoms with Crippen LogP contribution in [0.15, 0.2) is 17.6 Å². The molecule has 13 nitrogen and oxygen atoms in total. The van der Waals surface area contributed by atoms with Crippen LogP contribution >= 0.6 is 11.3 Å². The SMILES string of the molecule is CN(C)CCCNC(=O)c1cc(NC(=O)c2csc(N)n2)cn1[C@H]1O[C@H](CO)[C@@H](O)[C@@H](O)[C@H]1O. The van der Waals surface area contributed by atoms with Gasteiger partial charge in [0, 0.05) is 18.1 Å². The Morgan fingerprint density at radius 2 is 1.97 bits per heavy atom. The van der Waals surface area contributed by atoms with Crippen LogP contribution in [0.2, 0.25) is 0 Å². The lowest BCUT2D eigenvalue weighted by atomic mass is 9.98. The van der Waals surface area contributed by atoms with Gasteiger partial charge >= 0.3 is 0 Å². The number of hydrogen-bond donors (Lipinski definition) is 7. The zero-order valence-electron chi connectivity index (χ0n) is 18.8. The monoisotopic (exact) mass is 498 g/mol. The number of amides is 2. The molecule has 0 aromatic carbocycles. The van der Waals surface area contributed by atoms with Crippen LogP contribution in [0.25, 0.3) is 0 Å². The van der Waals surface area contributed by atoms with E-state index in [0.717, 1.165) is 17.9 Å². The predicted octanol–water partition coefficient (Wildman–Crippen LogP) is -1.57. The lowest BCUT2D eigenvalue weighted by molar-refractivity contribution is -0.251. The van der Waals surface area contributed by atoms with Crippen LogP contribution in [0, 0.1) is 0 Å². The maximum Gasteiger partial charge on any atom is 0.275 e. The van der Waals surface area contributed by atoms with Crippen LogP contribution in [0.3, 0.4) is 0 Å². The number of nitrogens with one attached hydrogen (secondary N) is 2. The second-order valence-electron chi connectivity index (χ2n) is 8.18. The summed E-state index contributed by atoms with van der Waals surface area (Å²) in [6, 6.07) is 1.39. The molecule has 0 bridgehead atoms. The predicted molar refractivity (Wildman–Crippen MR) is 123 cm³/mol. The molecule has 5 atom stereocenters. The van der Waals surface area contributed by atoms with Crippen molar-refractivity contribution in [3.05, 3.63) is 29.0 Å². The fourth-order valence-electron chi connectivity index (χ4n) is 3.53. The van der Waals surface area contributed by atoms with Gasteiger partial charge in [0.05, 0.1) is 12.3 Å². The number of nitrogen functional groups attached to an aromatic ring is 1. The van der Waals surface area contributed by atoms with Gasteiger partial charge in [-0.3, -0.25) is 9.59 Å². The van der Waals surface area contributed by atoms with Crippen molar-refractivity contribution >= 4 is 34.0 Å². The first-order valence-electron chi connectivity index (χ1n) is 10.6. The number of nitrogens with two attached hydrogens (primary N) is 1. The first-order valence-corrected chi connectivity index (χ1v) is 11.5. The van der Waals surface area contributed by atoms with Crippen LogP contribution < -0.4 is 16.4 Å². The number of carbonyl (C=O) groups excluding carboxylic acids is 2. The third-order valence-corrected chi connectivity index (χ3v) is 5.98. The Kier molecular flexibility index (Phi) is 8.59. The molecule has 0 aliphatic carbocycles. The van der Waals surface area contributed by atoms with Gasteiger partial charge in [-0.15, -0.1) is 11.3 Å². The molecule has 1 aliphatic rings. The van der Waals surface area contributed by atoms with E-state index in [1.807, 2.05) is 19.0 Å². The molecule has 0 unspecified atom stereocenters. The molecule has 8 N–H and O–H groups in total. The maximum absolute atomic E-state index is 12.9. The number of aliphatic hydroxyl groups excluding tert-OH is 4. The second kappa shape index (κ2) is 11.2. The van der Waals surface area contributed by atoms with E-state index in [-0.39, 0.29) is 22.2 Å². The third-order valence-electron chi connectivity index (χ3n) is 5.30. The van der Waals surface area contributed by atoms with E-state index in [1.165, 1.54) is 22.2 Å². The molecule has 3 rings (SSSR count). The Bertz CT molecular complexity index is 994. The van der Waals surface area contributed by atoms with E-state index in [2.05, 4.69) is 15.6 Å². The van der Waals surface area contributed by atoms with Crippen molar-refractivity contribution in [1.29, 1.82) is 0 Å². The first-order chi connectivity index (χ1) is 16.1. The van der Waals surface area contributed by atoms with Crippen LogP contribution in [-0.2, 0) is 4.74 Å². The summed E-state index contributed by atoms with van der Waals surface area (Å²) in [5.41, 5.74) is 5.90. The van der Waals surface area contributed by atoms with Crippen molar-refractivity contribution in [1.82, 2.24) is 19.8 Å².